The first-order valence-corrected chi connectivity index (χ1v) is 5.99. The molecular formula is C9H17N5OS. The lowest BCUT2D eigenvalue weighted by Gasteiger charge is -2.00. The highest BCUT2D eigenvalue weighted by molar-refractivity contribution is 7.18. The van der Waals surface area contributed by atoms with Gasteiger partial charge in [-0.1, -0.05) is 18.3 Å². The van der Waals surface area contributed by atoms with E-state index in [0.717, 1.165) is 13.0 Å². The van der Waals surface area contributed by atoms with Crippen molar-refractivity contribution in [3.63, 3.8) is 0 Å². The highest BCUT2D eigenvalue weighted by Crippen LogP contribution is 2.24. The Morgan fingerprint density at radius 1 is 1.50 bits per heavy atom. The first-order chi connectivity index (χ1) is 7.69. The van der Waals surface area contributed by atoms with Crippen LogP contribution in [0.5, 0.6) is 0 Å². The third-order valence-electron chi connectivity index (χ3n) is 1.82. The van der Waals surface area contributed by atoms with Crippen LogP contribution in [0.25, 0.3) is 0 Å². The number of amides is 1. The van der Waals surface area contributed by atoms with Crippen molar-refractivity contribution >= 4 is 28.2 Å². The van der Waals surface area contributed by atoms with Crippen LogP contribution in [0.4, 0.5) is 10.9 Å². The minimum absolute atomic E-state index is 0.218. The quantitative estimate of drug-likeness (QED) is 0.572. The maximum Gasteiger partial charge on any atom is 0.265 e. The second-order valence-corrected chi connectivity index (χ2v) is 4.20. The SMILES string of the molecule is CCCNc1nc(N)c(C(=O)NCCN)s1. The van der Waals surface area contributed by atoms with Crippen LogP contribution < -0.4 is 22.1 Å². The zero-order valence-corrected chi connectivity index (χ0v) is 10.1. The number of nitrogen functional groups attached to an aromatic ring is 1. The average molecular weight is 243 g/mol. The molecule has 1 aromatic heterocycles. The van der Waals surface area contributed by atoms with E-state index < -0.39 is 0 Å². The summed E-state index contributed by atoms with van der Waals surface area (Å²) in [6, 6.07) is 0. The molecule has 1 heterocycles. The molecule has 1 aromatic rings. The molecule has 7 heteroatoms. The van der Waals surface area contributed by atoms with Gasteiger partial charge in [0.05, 0.1) is 0 Å². The molecule has 90 valence electrons. The molecule has 0 atom stereocenters. The van der Waals surface area contributed by atoms with Crippen molar-refractivity contribution < 1.29 is 4.79 Å². The molecule has 0 radical (unpaired) electrons. The summed E-state index contributed by atoms with van der Waals surface area (Å²) in [7, 11) is 0. The molecule has 0 spiro atoms. The second-order valence-electron chi connectivity index (χ2n) is 3.20. The lowest BCUT2D eigenvalue weighted by Crippen LogP contribution is -2.28. The average Bonchev–Trinajstić information content (AvgIpc) is 2.64. The zero-order valence-electron chi connectivity index (χ0n) is 9.25. The summed E-state index contributed by atoms with van der Waals surface area (Å²) >= 11 is 1.26. The van der Waals surface area contributed by atoms with Crippen molar-refractivity contribution in [1.82, 2.24) is 10.3 Å². The molecule has 6 nitrogen and oxygen atoms in total. The van der Waals surface area contributed by atoms with Gasteiger partial charge in [-0.3, -0.25) is 4.79 Å². The number of aromatic nitrogens is 1. The van der Waals surface area contributed by atoms with Gasteiger partial charge in [-0.2, -0.15) is 0 Å². The van der Waals surface area contributed by atoms with Crippen LogP contribution >= 0.6 is 11.3 Å². The predicted molar refractivity (Wildman–Crippen MR) is 66.7 cm³/mol. The highest BCUT2D eigenvalue weighted by Gasteiger charge is 2.15. The molecule has 6 N–H and O–H groups in total. The Hall–Kier alpha value is -1.34. The van der Waals surface area contributed by atoms with E-state index in [4.69, 9.17) is 11.5 Å². The van der Waals surface area contributed by atoms with Gasteiger partial charge in [-0.05, 0) is 6.42 Å². The number of thiazole rings is 1. The monoisotopic (exact) mass is 243 g/mol. The summed E-state index contributed by atoms with van der Waals surface area (Å²) in [5.74, 6) is 0.0446. The first-order valence-electron chi connectivity index (χ1n) is 5.17. The standard InChI is InChI=1S/C9H17N5OS/c1-2-4-13-9-14-7(11)6(16-9)8(15)12-5-3-10/h2-5,10-11H2,1H3,(H,12,15)(H,13,14). The Balaban J connectivity index is 2.65. The number of carbonyl (C=O) groups excluding carboxylic acids is 1. The molecule has 16 heavy (non-hydrogen) atoms. The second kappa shape index (κ2) is 6.29. The van der Waals surface area contributed by atoms with E-state index >= 15 is 0 Å². The predicted octanol–water partition coefficient (Wildman–Crippen LogP) is 0.236. The molecule has 0 aliphatic carbocycles. The van der Waals surface area contributed by atoms with E-state index in [1.54, 1.807) is 0 Å². The lowest BCUT2D eigenvalue weighted by atomic mass is 10.4. The van der Waals surface area contributed by atoms with Gasteiger partial charge in [0.25, 0.3) is 5.91 Å². The van der Waals surface area contributed by atoms with Gasteiger partial charge in [0, 0.05) is 19.6 Å². The maximum atomic E-state index is 11.6. The number of nitrogens with zero attached hydrogens (tertiary/aromatic N) is 1. The van der Waals surface area contributed by atoms with Gasteiger partial charge in [-0.25, -0.2) is 4.98 Å². The minimum atomic E-state index is -0.218. The summed E-state index contributed by atoms with van der Waals surface area (Å²) in [6.07, 6.45) is 0.994. The van der Waals surface area contributed by atoms with Crippen LogP contribution in [-0.4, -0.2) is 30.5 Å². The van der Waals surface area contributed by atoms with Crippen molar-refractivity contribution in [1.29, 1.82) is 0 Å². The molecule has 0 saturated heterocycles. The van der Waals surface area contributed by atoms with Gasteiger partial charge in [0.1, 0.15) is 10.7 Å². The number of nitrogens with one attached hydrogen (secondary N) is 2. The van der Waals surface area contributed by atoms with Gasteiger partial charge in [0.15, 0.2) is 5.13 Å². The van der Waals surface area contributed by atoms with Crippen molar-refractivity contribution in [3.05, 3.63) is 4.88 Å². The molecule has 0 aliphatic rings. The number of nitrogens with two attached hydrogens (primary N) is 2. The fourth-order valence-electron chi connectivity index (χ4n) is 1.07. The van der Waals surface area contributed by atoms with Crippen molar-refractivity contribution in [2.24, 2.45) is 5.73 Å². The minimum Gasteiger partial charge on any atom is -0.382 e. The summed E-state index contributed by atoms with van der Waals surface area (Å²) in [5, 5.41) is 6.42. The van der Waals surface area contributed by atoms with Gasteiger partial charge in [0.2, 0.25) is 0 Å². The molecular weight excluding hydrogens is 226 g/mol. The highest BCUT2D eigenvalue weighted by atomic mass is 32.1. The summed E-state index contributed by atoms with van der Waals surface area (Å²) < 4.78 is 0. The van der Waals surface area contributed by atoms with E-state index in [-0.39, 0.29) is 11.7 Å². The Kier molecular flexibility index (Phi) is 5.00. The molecule has 1 rings (SSSR count). The summed E-state index contributed by atoms with van der Waals surface area (Å²) in [4.78, 5) is 16.1. The summed E-state index contributed by atoms with van der Waals surface area (Å²) in [6.45, 7) is 3.72. The molecule has 0 aliphatic heterocycles. The van der Waals surface area contributed by atoms with E-state index in [1.165, 1.54) is 11.3 Å². The number of carbonyl (C=O) groups is 1. The van der Waals surface area contributed by atoms with Crippen molar-refractivity contribution in [2.45, 2.75) is 13.3 Å². The Bertz CT molecular complexity index is 352. The van der Waals surface area contributed by atoms with Crippen molar-refractivity contribution in [3.8, 4) is 0 Å². The lowest BCUT2D eigenvalue weighted by molar-refractivity contribution is 0.0959. The van der Waals surface area contributed by atoms with Gasteiger partial charge >= 0.3 is 0 Å². The van der Waals surface area contributed by atoms with Crippen LogP contribution in [0.2, 0.25) is 0 Å². The van der Waals surface area contributed by atoms with Crippen LogP contribution in [0.1, 0.15) is 23.0 Å². The number of hydrogen-bond acceptors (Lipinski definition) is 6. The Labute approximate surface area is 98.4 Å². The third-order valence-corrected chi connectivity index (χ3v) is 2.84. The molecule has 1 amide bonds. The number of anilines is 2. The largest absolute Gasteiger partial charge is 0.382 e. The van der Waals surface area contributed by atoms with E-state index in [2.05, 4.69) is 22.5 Å². The topological polar surface area (TPSA) is 106 Å². The number of hydrogen-bond donors (Lipinski definition) is 4. The van der Waals surface area contributed by atoms with Crippen LogP contribution in [0.15, 0.2) is 0 Å². The smallest absolute Gasteiger partial charge is 0.265 e. The number of rotatable bonds is 6. The van der Waals surface area contributed by atoms with Crippen LogP contribution in [0, 0.1) is 0 Å². The summed E-state index contributed by atoms with van der Waals surface area (Å²) in [5.41, 5.74) is 10.9. The van der Waals surface area contributed by atoms with E-state index in [9.17, 15) is 4.79 Å². The molecule has 0 bridgehead atoms. The van der Waals surface area contributed by atoms with Crippen molar-refractivity contribution in [2.75, 3.05) is 30.7 Å². The normalized spacial score (nSPS) is 10.1. The van der Waals surface area contributed by atoms with Gasteiger partial charge in [-0.15, -0.1) is 0 Å². The first kappa shape index (κ1) is 12.7. The molecule has 0 saturated carbocycles. The molecule has 0 unspecified atom stereocenters. The molecule has 0 fully saturated rings. The third kappa shape index (κ3) is 3.35. The Morgan fingerprint density at radius 2 is 2.25 bits per heavy atom. The Morgan fingerprint density at radius 3 is 2.88 bits per heavy atom. The van der Waals surface area contributed by atoms with Crippen LogP contribution in [0.3, 0.4) is 0 Å². The van der Waals surface area contributed by atoms with Gasteiger partial charge < -0.3 is 22.1 Å². The molecule has 0 aromatic carbocycles. The zero-order chi connectivity index (χ0) is 12.0. The fourth-order valence-corrected chi connectivity index (χ4v) is 1.89. The van der Waals surface area contributed by atoms with Crippen LogP contribution in [-0.2, 0) is 0 Å². The van der Waals surface area contributed by atoms with E-state index in [1.807, 2.05) is 0 Å². The van der Waals surface area contributed by atoms with E-state index in [0.29, 0.717) is 23.1 Å². The maximum absolute atomic E-state index is 11.6. The fraction of sp³-hybridized carbons (Fsp3) is 0.556.